The lowest BCUT2D eigenvalue weighted by molar-refractivity contribution is 1.16. The maximum Gasteiger partial charge on any atom is 0.147 e. The Hall–Kier alpha value is -0.740. The van der Waals surface area contributed by atoms with Crippen LogP contribution in [-0.2, 0) is 0 Å². The molecule has 0 aliphatic heterocycles. The number of aromatic nitrogens is 2. The van der Waals surface area contributed by atoms with Gasteiger partial charge in [-0.3, -0.25) is 0 Å². The quantitative estimate of drug-likeness (QED) is 0.652. The van der Waals surface area contributed by atoms with Crippen LogP contribution in [0.4, 0.5) is 0 Å². The summed E-state index contributed by atoms with van der Waals surface area (Å²) >= 11 is 9.37. The Morgan fingerprint density at radius 1 is 1.55 bits per heavy atom. The first kappa shape index (κ1) is 8.36. The van der Waals surface area contributed by atoms with Crippen molar-refractivity contribution in [3.63, 3.8) is 0 Å². The lowest BCUT2D eigenvalue weighted by Gasteiger charge is -1.96. The molecule has 1 aromatic rings. The van der Waals surface area contributed by atoms with Crippen molar-refractivity contribution in [2.75, 3.05) is 0 Å². The average molecular weight is 188 g/mol. The van der Waals surface area contributed by atoms with Crippen molar-refractivity contribution in [2.24, 2.45) is 5.73 Å². The average Bonchev–Trinajstić information content (AvgIpc) is 2.05. The molecule has 3 nitrogen and oxygen atoms in total. The normalized spacial score (nSPS) is 11.6. The van der Waals surface area contributed by atoms with Crippen LogP contribution >= 0.6 is 24.2 Å². The predicted octanol–water partition coefficient (Wildman–Crippen LogP) is 1.32. The van der Waals surface area contributed by atoms with E-state index in [-0.39, 0.29) is 0 Å². The van der Waals surface area contributed by atoms with Gasteiger partial charge in [-0.1, -0.05) is 11.6 Å². The number of nitrogens with two attached hydrogens (primary N) is 1. The third-order valence-corrected chi connectivity index (χ3v) is 1.53. The molecule has 0 spiro atoms. The van der Waals surface area contributed by atoms with E-state index in [0.717, 1.165) is 0 Å². The van der Waals surface area contributed by atoms with Gasteiger partial charge in [-0.15, -0.1) is 12.6 Å². The number of hydrogen-bond acceptors (Lipinski definition) is 4. The van der Waals surface area contributed by atoms with E-state index < -0.39 is 0 Å². The van der Waals surface area contributed by atoms with Gasteiger partial charge >= 0.3 is 0 Å². The van der Waals surface area contributed by atoms with Gasteiger partial charge in [-0.05, 0) is 5.41 Å². The topological polar surface area (TPSA) is 51.8 Å². The van der Waals surface area contributed by atoms with Crippen LogP contribution in [0.1, 0.15) is 5.69 Å². The van der Waals surface area contributed by atoms with Crippen molar-refractivity contribution in [3.05, 3.63) is 28.6 Å². The second-order valence-corrected chi connectivity index (χ2v) is 2.45. The number of nitrogens with zero attached hydrogens (tertiary/aromatic N) is 2. The van der Waals surface area contributed by atoms with Crippen molar-refractivity contribution in [1.29, 1.82) is 0 Å². The van der Waals surface area contributed by atoms with E-state index >= 15 is 0 Å². The van der Waals surface area contributed by atoms with Crippen LogP contribution < -0.4 is 5.73 Å². The third kappa shape index (κ3) is 2.10. The van der Waals surface area contributed by atoms with Crippen LogP contribution in [0.5, 0.6) is 0 Å². The molecule has 5 heteroatoms. The van der Waals surface area contributed by atoms with Crippen LogP contribution in [0.15, 0.2) is 17.8 Å². The maximum atomic E-state index is 5.51. The lowest BCUT2D eigenvalue weighted by Crippen LogP contribution is -1.98. The van der Waals surface area contributed by atoms with Gasteiger partial charge < -0.3 is 5.73 Å². The van der Waals surface area contributed by atoms with E-state index in [9.17, 15) is 0 Å². The summed E-state index contributed by atoms with van der Waals surface area (Å²) in [7, 11) is 0. The minimum absolute atomic E-state index is 0.348. The highest BCUT2D eigenvalue weighted by molar-refractivity contribution is 7.83. The molecule has 11 heavy (non-hydrogen) atoms. The molecule has 0 radical (unpaired) electrons. The summed E-state index contributed by atoms with van der Waals surface area (Å²) in [5.41, 5.74) is 6.53. The molecule has 0 fully saturated rings. The predicted molar refractivity (Wildman–Crippen MR) is 48.2 cm³/mol. The number of thiol groups is 1. The Bertz CT molecular complexity index is 270. The van der Waals surface area contributed by atoms with E-state index in [1.54, 1.807) is 0 Å². The highest BCUT2D eigenvalue weighted by atomic mass is 35.5. The number of hydrogen-bond donors (Lipinski definition) is 2. The number of halogens is 1. The zero-order valence-electron chi connectivity index (χ0n) is 5.53. The van der Waals surface area contributed by atoms with Gasteiger partial charge in [-0.25, -0.2) is 9.97 Å². The van der Waals surface area contributed by atoms with Crippen LogP contribution in [-0.4, -0.2) is 9.97 Å². The highest BCUT2D eigenvalue weighted by Crippen LogP contribution is 2.07. The van der Waals surface area contributed by atoms with Crippen LogP contribution in [0.2, 0.25) is 5.15 Å². The summed E-state index contributed by atoms with van der Waals surface area (Å²) in [6, 6.07) is 0. The van der Waals surface area contributed by atoms with E-state index in [1.807, 2.05) is 0 Å². The molecular weight excluding hydrogens is 182 g/mol. The Kier molecular flexibility index (Phi) is 2.73. The first-order valence-corrected chi connectivity index (χ1v) is 3.71. The molecule has 0 aliphatic rings. The van der Waals surface area contributed by atoms with Crippen molar-refractivity contribution >= 4 is 29.9 Å². The van der Waals surface area contributed by atoms with Gasteiger partial charge in [0.1, 0.15) is 10.8 Å². The molecule has 0 bridgehead atoms. The van der Waals surface area contributed by atoms with Gasteiger partial charge in [0.05, 0.1) is 18.1 Å². The molecule has 0 saturated carbocycles. The summed E-state index contributed by atoms with van der Waals surface area (Å²) in [4.78, 5) is 7.71. The molecule has 1 rings (SSSR count). The summed E-state index contributed by atoms with van der Waals surface area (Å²) in [5, 5.41) is 1.80. The first-order chi connectivity index (χ1) is 5.24. The fraction of sp³-hybridized carbons (Fsp3) is 0. The first-order valence-electron chi connectivity index (χ1n) is 2.82. The van der Waals surface area contributed by atoms with Crippen molar-refractivity contribution in [1.82, 2.24) is 9.97 Å². The van der Waals surface area contributed by atoms with Crippen LogP contribution in [0.25, 0.3) is 5.70 Å². The second kappa shape index (κ2) is 3.59. The highest BCUT2D eigenvalue weighted by Gasteiger charge is 1.96. The number of rotatable bonds is 1. The fourth-order valence-corrected chi connectivity index (χ4v) is 0.757. The zero-order chi connectivity index (χ0) is 8.27. The molecule has 0 saturated heterocycles. The molecular formula is C6H6ClN3S. The summed E-state index contributed by atoms with van der Waals surface area (Å²) in [5.74, 6) is 0. The third-order valence-electron chi connectivity index (χ3n) is 1.06. The summed E-state index contributed by atoms with van der Waals surface area (Å²) in [6.45, 7) is 0. The largest absolute Gasteiger partial charge is 0.397 e. The van der Waals surface area contributed by atoms with Gasteiger partial charge in [0.15, 0.2) is 0 Å². The minimum atomic E-state index is 0.348. The Labute approximate surface area is 74.7 Å². The van der Waals surface area contributed by atoms with Crippen LogP contribution in [0.3, 0.4) is 0 Å². The van der Waals surface area contributed by atoms with Crippen LogP contribution in [0, 0.1) is 0 Å². The molecule has 0 aromatic carbocycles. The van der Waals surface area contributed by atoms with Gasteiger partial charge in [0.25, 0.3) is 0 Å². The monoisotopic (exact) mass is 187 g/mol. The molecule has 0 amide bonds. The molecule has 0 aliphatic carbocycles. The summed E-state index contributed by atoms with van der Waals surface area (Å²) in [6.07, 6.45) is 2.92. The Morgan fingerprint density at radius 2 is 2.27 bits per heavy atom. The van der Waals surface area contributed by atoms with E-state index in [4.69, 9.17) is 17.3 Å². The lowest BCUT2D eigenvalue weighted by atomic mass is 10.4. The standard InChI is InChI=1S/C6H6ClN3S/c7-6-2-9-5(1-10-6)4(8)3-11/h1-3,11H,8H2/b4-3-. The van der Waals surface area contributed by atoms with E-state index in [0.29, 0.717) is 16.5 Å². The van der Waals surface area contributed by atoms with Gasteiger partial charge in [-0.2, -0.15) is 0 Å². The van der Waals surface area contributed by atoms with Crippen molar-refractivity contribution in [3.8, 4) is 0 Å². The van der Waals surface area contributed by atoms with Gasteiger partial charge in [0.2, 0.25) is 0 Å². The molecule has 0 unspecified atom stereocenters. The SMILES string of the molecule is N/C(=C\S)c1cnc(Cl)cn1. The summed E-state index contributed by atoms with van der Waals surface area (Å²) < 4.78 is 0. The molecule has 1 heterocycles. The van der Waals surface area contributed by atoms with E-state index in [1.165, 1.54) is 17.8 Å². The Balaban J connectivity index is 2.99. The smallest absolute Gasteiger partial charge is 0.147 e. The fourth-order valence-electron chi connectivity index (χ4n) is 0.527. The molecule has 58 valence electrons. The molecule has 2 N–H and O–H groups in total. The molecule has 0 atom stereocenters. The second-order valence-electron chi connectivity index (χ2n) is 1.81. The van der Waals surface area contributed by atoms with E-state index in [2.05, 4.69) is 22.6 Å². The minimum Gasteiger partial charge on any atom is -0.397 e. The van der Waals surface area contributed by atoms with Crippen molar-refractivity contribution in [2.45, 2.75) is 0 Å². The molecule has 1 aromatic heterocycles. The van der Waals surface area contributed by atoms with Crippen molar-refractivity contribution < 1.29 is 0 Å². The Morgan fingerprint density at radius 3 is 2.73 bits per heavy atom. The maximum absolute atomic E-state index is 5.51. The van der Waals surface area contributed by atoms with Gasteiger partial charge in [0, 0.05) is 0 Å². The zero-order valence-corrected chi connectivity index (χ0v) is 7.18.